The van der Waals surface area contributed by atoms with E-state index in [1.54, 1.807) is 18.5 Å². The SMILES string of the molecule is O=[N+]([O-])c1ccc2nc(NCc3cccnc3)oc2c1. The molecule has 0 bridgehead atoms. The number of hydrogen-bond donors (Lipinski definition) is 1. The van der Waals surface area contributed by atoms with Crippen LogP contribution in [0.3, 0.4) is 0 Å². The van der Waals surface area contributed by atoms with E-state index < -0.39 is 4.92 Å². The number of pyridine rings is 1. The van der Waals surface area contributed by atoms with E-state index in [1.165, 1.54) is 12.1 Å². The Kier molecular flexibility index (Phi) is 3.00. The van der Waals surface area contributed by atoms with Crippen molar-refractivity contribution in [3.8, 4) is 0 Å². The monoisotopic (exact) mass is 270 g/mol. The van der Waals surface area contributed by atoms with Gasteiger partial charge in [-0.05, 0) is 17.7 Å². The Morgan fingerprint density at radius 2 is 2.25 bits per heavy atom. The fourth-order valence-corrected chi connectivity index (χ4v) is 1.78. The molecule has 0 aliphatic carbocycles. The van der Waals surface area contributed by atoms with Crippen molar-refractivity contribution in [3.63, 3.8) is 0 Å². The second-order valence-corrected chi connectivity index (χ2v) is 4.14. The first kappa shape index (κ1) is 12.1. The Hall–Kier alpha value is -2.96. The summed E-state index contributed by atoms with van der Waals surface area (Å²) in [7, 11) is 0. The van der Waals surface area contributed by atoms with Crippen molar-refractivity contribution in [2.45, 2.75) is 6.54 Å². The number of nitro benzene ring substituents is 1. The van der Waals surface area contributed by atoms with Gasteiger partial charge < -0.3 is 9.73 Å². The summed E-state index contributed by atoms with van der Waals surface area (Å²) in [5.41, 5.74) is 1.92. The van der Waals surface area contributed by atoms with Crippen molar-refractivity contribution in [1.29, 1.82) is 0 Å². The molecule has 7 nitrogen and oxygen atoms in total. The largest absolute Gasteiger partial charge is 0.423 e. The average Bonchev–Trinajstić information content (AvgIpc) is 2.88. The first-order valence-electron chi connectivity index (χ1n) is 5.90. The van der Waals surface area contributed by atoms with E-state index in [0.29, 0.717) is 23.7 Å². The number of rotatable bonds is 4. The van der Waals surface area contributed by atoms with Crippen LogP contribution >= 0.6 is 0 Å². The lowest BCUT2D eigenvalue weighted by Gasteiger charge is -2.00. The number of nitrogens with one attached hydrogen (secondary N) is 1. The maximum absolute atomic E-state index is 10.7. The van der Waals surface area contributed by atoms with Crippen LogP contribution in [0.2, 0.25) is 0 Å². The van der Waals surface area contributed by atoms with Crippen molar-refractivity contribution in [1.82, 2.24) is 9.97 Å². The number of nitro groups is 1. The second-order valence-electron chi connectivity index (χ2n) is 4.14. The molecule has 1 aromatic carbocycles. The topological polar surface area (TPSA) is 94.1 Å². The van der Waals surface area contributed by atoms with E-state index >= 15 is 0 Å². The molecule has 3 rings (SSSR count). The zero-order valence-corrected chi connectivity index (χ0v) is 10.3. The summed E-state index contributed by atoms with van der Waals surface area (Å²) in [6, 6.07) is 8.41. The third-order valence-electron chi connectivity index (χ3n) is 2.75. The van der Waals surface area contributed by atoms with E-state index in [9.17, 15) is 10.1 Å². The fourth-order valence-electron chi connectivity index (χ4n) is 1.78. The Bertz CT molecular complexity index is 755. The smallest absolute Gasteiger partial charge is 0.295 e. The van der Waals surface area contributed by atoms with Gasteiger partial charge in [-0.1, -0.05) is 6.07 Å². The first-order valence-corrected chi connectivity index (χ1v) is 5.90. The lowest BCUT2D eigenvalue weighted by Crippen LogP contribution is -1.99. The minimum atomic E-state index is -0.468. The van der Waals surface area contributed by atoms with E-state index in [-0.39, 0.29) is 5.69 Å². The van der Waals surface area contributed by atoms with Crippen LogP contribution in [0.5, 0.6) is 0 Å². The van der Waals surface area contributed by atoms with Gasteiger partial charge in [0, 0.05) is 25.0 Å². The van der Waals surface area contributed by atoms with Gasteiger partial charge in [0.1, 0.15) is 5.52 Å². The maximum atomic E-state index is 10.7. The standard InChI is InChI=1S/C13H10N4O3/c18-17(19)10-3-4-11-12(6-10)20-13(16-11)15-8-9-2-1-5-14-7-9/h1-7H,8H2,(H,15,16). The molecular formula is C13H10N4O3. The fraction of sp³-hybridized carbons (Fsp3) is 0.0769. The van der Waals surface area contributed by atoms with E-state index in [2.05, 4.69) is 15.3 Å². The number of non-ortho nitro benzene ring substituents is 1. The summed E-state index contributed by atoms with van der Waals surface area (Å²) >= 11 is 0. The van der Waals surface area contributed by atoms with Crippen LogP contribution in [0, 0.1) is 10.1 Å². The zero-order valence-electron chi connectivity index (χ0n) is 10.3. The van der Waals surface area contributed by atoms with Gasteiger partial charge in [-0.15, -0.1) is 0 Å². The number of aromatic nitrogens is 2. The molecule has 20 heavy (non-hydrogen) atoms. The van der Waals surface area contributed by atoms with Crippen LogP contribution in [-0.2, 0) is 6.54 Å². The lowest BCUT2D eigenvalue weighted by molar-refractivity contribution is -0.384. The van der Waals surface area contributed by atoms with Crippen LogP contribution in [0.25, 0.3) is 11.1 Å². The minimum absolute atomic E-state index is 0.0209. The molecule has 0 radical (unpaired) electrons. The van der Waals surface area contributed by atoms with Crippen LogP contribution < -0.4 is 5.32 Å². The Labute approximate surface area is 113 Å². The third-order valence-corrected chi connectivity index (χ3v) is 2.75. The predicted molar refractivity (Wildman–Crippen MR) is 72.2 cm³/mol. The van der Waals surface area contributed by atoms with Crippen molar-refractivity contribution >= 4 is 22.8 Å². The number of anilines is 1. The van der Waals surface area contributed by atoms with Crippen molar-refractivity contribution in [2.24, 2.45) is 0 Å². The van der Waals surface area contributed by atoms with E-state index in [0.717, 1.165) is 5.56 Å². The van der Waals surface area contributed by atoms with Crippen LogP contribution in [0.4, 0.5) is 11.7 Å². The number of oxazole rings is 1. The summed E-state index contributed by atoms with van der Waals surface area (Å²) in [5, 5.41) is 13.7. The van der Waals surface area contributed by atoms with Crippen LogP contribution in [0.15, 0.2) is 47.1 Å². The van der Waals surface area contributed by atoms with Gasteiger partial charge in [0.2, 0.25) is 0 Å². The van der Waals surface area contributed by atoms with E-state index in [4.69, 9.17) is 4.42 Å². The molecule has 0 saturated heterocycles. The van der Waals surface area contributed by atoms with Gasteiger partial charge in [0.05, 0.1) is 11.0 Å². The summed E-state index contributed by atoms with van der Waals surface area (Å²) in [5.74, 6) is 0. The van der Waals surface area contributed by atoms with Crippen molar-refractivity contribution in [3.05, 3.63) is 58.4 Å². The Morgan fingerprint density at radius 3 is 3.00 bits per heavy atom. The number of nitrogens with zero attached hydrogens (tertiary/aromatic N) is 3. The highest BCUT2D eigenvalue weighted by atomic mass is 16.6. The highest BCUT2D eigenvalue weighted by Gasteiger charge is 2.11. The highest BCUT2D eigenvalue weighted by molar-refractivity contribution is 5.77. The minimum Gasteiger partial charge on any atom is -0.423 e. The average molecular weight is 270 g/mol. The summed E-state index contributed by atoms with van der Waals surface area (Å²) in [4.78, 5) is 18.4. The van der Waals surface area contributed by atoms with E-state index in [1.807, 2.05) is 12.1 Å². The van der Waals surface area contributed by atoms with Gasteiger partial charge in [-0.25, -0.2) is 0 Å². The summed E-state index contributed by atoms with van der Waals surface area (Å²) in [6.07, 6.45) is 3.43. The second kappa shape index (κ2) is 4.96. The number of hydrogen-bond acceptors (Lipinski definition) is 6. The molecule has 7 heteroatoms. The molecule has 1 N–H and O–H groups in total. The van der Waals surface area contributed by atoms with Gasteiger partial charge >= 0.3 is 0 Å². The normalized spacial score (nSPS) is 10.6. The molecule has 0 saturated carbocycles. The molecule has 0 fully saturated rings. The molecule has 100 valence electrons. The lowest BCUT2D eigenvalue weighted by atomic mass is 10.3. The predicted octanol–water partition coefficient (Wildman–Crippen LogP) is 2.74. The summed E-state index contributed by atoms with van der Waals surface area (Å²) < 4.78 is 5.43. The molecule has 2 heterocycles. The highest BCUT2D eigenvalue weighted by Crippen LogP contribution is 2.23. The molecule has 2 aromatic heterocycles. The van der Waals surface area contributed by atoms with Gasteiger partial charge in [-0.3, -0.25) is 15.1 Å². The first-order chi connectivity index (χ1) is 9.72. The molecule has 0 atom stereocenters. The van der Waals surface area contributed by atoms with Gasteiger partial charge in [-0.2, -0.15) is 4.98 Å². The molecule has 0 amide bonds. The number of benzene rings is 1. The molecule has 0 aliphatic rings. The molecular weight excluding hydrogens is 260 g/mol. The number of fused-ring (bicyclic) bond motifs is 1. The molecule has 0 spiro atoms. The molecule has 0 unspecified atom stereocenters. The van der Waals surface area contributed by atoms with Crippen molar-refractivity contribution in [2.75, 3.05) is 5.32 Å². The van der Waals surface area contributed by atoms with Crippen LogP contribution in [-0.4, -0.2) is 14.9 Å². The Balaban J connectivity index is 1.80. The third kappa shape index (κ3) is 2.41. The molecule has 0 aliphatic heterocycles. The van der Waals surface area contributed by atoms with Crippen LogP contribution in [0.1, 0.15) is 5.56 Å². The summed E-state index contributed by atoms with van der Waals surface area (Å²) in [6.45, 7) is 0.517. The van der Waals surface area contributed by atoms with Crippen molar-refractivity contribution < 1.29 is 9.34 Å². The maximum Gasteiger partial charge on any atom is 0.295 e. The molecule has 3 aromatic rings. The Morgan fingerprint density at radius 1 is 1.35 bits per heavy atom. The van der Waals surface area contributed by atoms with Gasteiger partial charge in [0.25, 0.3) is 11.7 Å². The quantitative estimate of drug-likeness (QED) is 0.578. The van der Waals surface area contributed by atoms with Gasteiger partial charge in [0.15, 0.2) is 5.58 Å². The zero-order chi connectivity index (χ0) is 13.9.